The molecule has 0 N–H and O–H groups in total. The maximum absolute atomic E-state index is 7.03. The van der Waals surface area contributed by atoms with Crippen molar-refractivity contribution < 1.29 is 0 Å². The maximum atomic E-state index is 7.03. The molecular formula is C12H8BrN. The van der Waals surface area contributed by atoms with Gasteiger partial charge >= 0.3 is 0 Å². The van der Waals surface area contributed by atoms with Crippen LogP contribution in [0.5, 0.6) is 0 Å². The van der Waals surface area contributed by atoms with E-state index in [-0.39, 0.29) is 0 Å². The number of nitrogens with zero attached hydrogens (tertiary/aromatic N) is 1. The molecule has 0 unspecified atom stereocenters. The van der Waals surface area contributed by atoms with Gasteiger partial charge in [0, 0.05) is 4.47 Å². The summed E-state index contributed by atoms with van der Waals surface area (Å²) < 4.78 is 1.05. The Kier molecular flexibility index (Phi) is 2.26. The topological polar surface area (TPSA) is 4.36 Å². The van der Waals surface area contributed by atoms with Gasteiger partial charge in [-0.1, -0.05) is 28.1 Å². The van der Waals surface area contributed by atoms with E-state index >= 15 is 0 Å². The van der Waals surface area contributed by atoms with Crippen molar-refractivity contribution in [2.75, 3.05) is 0 Å². The molecule has 0 aliphatic carbocycles. The van der Waals surface area contributed by atoms with Gasteiger partial charge in [-0.05, 0) is 41.5 Å². The Morgan fingerprint density at radius 3 is 2.64 bits per heavy atom. The molecule has 0 saturated heterocycles. The highest BCUT2D eigenvalue weighted by molar-refractivity contribution is 9.10. The van der Waals surface area contributed by atoms with Gasteiger partial charge in [0.25, 0.3) is 0 Å². The van der Waals surface area contributed by atoms with Gasteiger partial charge in [0.2, 0.25) is 0 Å². The zero-order valence-corrected chi connectivity index (χ0v) is 9.30. The molecular weight excluding hydrogens is 238 g/mol. The van der Waals surface area contributed by atoms with Gasteiger partial charge in [0.05, 0.1) is 6.57 Å². The molecule has 0 amide bonds. The Hall–Kier alpha value is -1.33. The summed E-state index contributed by atoms with van der Waals surface area (Å²) in [6, 6.07) is 10.1. The second kappa shape index (κ2) is 3.43. The van der Waals surface area contributed by atoms with E-state index in [0.29, 0.717) is 0 Å². The Labute approximate surface area is 91.3 Å². The SMILES string of the molecule is [C-]#[N+]c1cc2cc(Br)ccc2cc1C. The number of benzene rings is 2. The summed E-state index contributed by atoms with van der Waals surface area (Å²) in [5, 5.41) is 2.29. The average Bonchev–Trinajstić information content (AvgIpc) is 2.17. The first-order valence-corrected chi connectivity index (χ1v) is 5.07. The lowest BCUT2D eigenvalue weighted by Gasteiger charge is -2.02. The van der Waals surface area contributed by atoms with Crippen LogP contribution in [0, 0.1) is 13.5 Å². The van der Waals surface area contributed by atoms with Crippen molar-refractivity contribution in [3.8, 4) is 0 Å². The smallest absolute Gasteiger partial charge is 0.190 e. The number of hydrogen-bond donors (Lipinski definition) is 0. The summed E-state index contributed by atoms with van der Waals surface area (Å²) in [5.41, 5.74) is 1.77. The summed E-state index contributed by atoms with van der Waals surface area (Å²) >= 11 is 3.42. The maximum Gasteiger partial charge on any atom is 0.190 e. The lowest BCUT2D eigenvalue weighted by Crippen LogP contribution is -1.76. The van der Waals surface area contributed by atoms with Gasteiger partial charge in [0.15, 0.2) is 5.69 Å². The van der Waals surface area contributed by atoms with Gasteiger partial charge in [-0.2, -0.15) is 0 Å². The van der Waals surface area contributed by atoms with E-state index in [2.05, 4.69) is 32.9 Å². The van der Waals surface area contributed by atoms with Crippen LogP contribution in [-0.2, 0) is 0 Å². The Morgan fingerprint density at radius 1 is 1.14 bits per heavy atom. The van der Waals surface area contributed by atoms with E-state index in [1.54, 1.807) is 0 Å². The average molecular weight is 246 g/mol. The van der Waals surface area contributed by atoms with E-state index in [1.807, 2.05) is 25.1 Å². The first-order chi connectivity index (χ1) is 6.70. The molecule has 0 spiro atoms. The van der Waals surface area contributed by atoms with Gasteiger partial charge in [-0.25, -0.2) is 4.85 Å². The fourth-order valence-electron chi connectivity index (χ4n) is 1.49. The van der Waals surface area contributed by atoms with E-state index in [0.717, 1.165) is 21.1 Å². The second-order valence-corrected chi connectivity index (χ2v) is 4.16. The minimum absolute atomic E-state index is 0.732. The highest BCUT2D eigenvalue weighted by atomic mass is 79.9. The zero-order valence-electron chi connectivity index (χ0n) is 7.71. The second-order valence-electron chi connectivity index (χ2n) is 3.24. The molecule has 2 rings (SSSR count). The van der Waals surface area contributed by atoms with Gasteiger partial charge in [0.1, 0.15) is 0 Å². The van der Waals surface area contributed by atoms with Gasteiger partial charge < -0.3 is 0 Å². The third-order valence-corrected chi connectivity index (χ3v) is 2.73. The number of fused-ring (bicyclic) bond motifs is 1. The normalized spacial score (nSPS) is 10.1. The minimum Gasteiger partial charge on any atom is -0.238 e. The standard InChI is InChI=1S/C12H8BrN/c1-8-5-9-3-4-11(13)6-10(9)7-12(8)14-2/h3-7H,1H3. The number of aryl methyl sites for hydroxylation is 1. The van der Waals surface area contributed by atoms with Crippen molar-refractivity contribution in [2.24, 2.45) is 0 Å². The third kappa shape index (κ3) is 1.51. The molecule has 0 heterocycles. The number of hydrogen-bond acceptors (Lipinski definition) is 0. The summed E-state index contributed by atoms with van der Waals surface area (Å²) in [5.74, 6) is 0. The van der Waals surface area contributed by atoms with Crippen molar-refractivity contribution in [2.45, 2.75) is 6.92 Å². The van der Waals surface area contributed by atoms with E-state index < -0.39 is 0 Å². The molecule has 0 aliphatic heterocycles. The van der Waals surface area contributed by atoms with Crippen LogP contribution in [-0.4, -0.2) is 0 Å². The molecule has 0 aliphatic rings. The molecule has 0 atom stereocenters. The van der Waals surface area contributed by atoms with Crippen LogP contribution in [0.4, 0.5) is 5.69 Å². The van der Waals surface area contributed by atoms with Crippen molar-refractivity contribution in [3.05, 3.63) is 51.8 Å². The van der Waals surface area contributed by atoms with E-state index in [1.165, 1.54) is 5.39 Å². The molecule has 0 bridgehead atoms. The van der Waals surface area contributed by atoms with Gasteiger partial charge in [-0.3, -0.25) is 0 Å². The minimum atomic E-state index is 0.732. The summed E-state index contributed by atoms with van der Waals surface area (Å²) in [6.07, 6.45) is 0. The van der Waals surface area contributed by atoms with E-state index in [4.69, 9.17) is 6.57 Å². The van der Waals surface area contributed by atoms with Gasteiger partial charge in [-0.15, -0.1) is 0 Å². The highest BCUT2D eigenvalue weighted by Gasteiger charge is 2.00. The molecule has 2 heteroatoms. The molecule has 0 aromatic heterocycles. The quantitative estimate of drug-likeness (QED) is 0.604. The largest absolute Gasteiger partial charge is 0.238 e. The van der Waals surface area contributed by atoms with Crippen molar-refractivity contribution in [3.63, 3.8) is 0 Å². The highest BCUT2D eigenvalue weighted by Crippen LogP contribution is 2.27. The molecule has 2 aromatic rings. The number of halogens is 1. The predicted molar refractivity (Wildman–Crippen MR) is 62.6 cm³/mol. The fourth-order valence-corrected chi connectivity index (χ4v) is 1.87. The van der Waals surface area contributed by atoms with Crippen molar-refractivity contribution in [1.82, 2.24) is 0 Å². The summed E-state index contributed by atoms with van der Waals surface area (Å²) in [6.45, 7) is 8.99. The first kappa shape index (κ1) is 9.23. The summed E-state index contributed by atoms with van der Waals surface area (Å²) in [7, 11) is 0. The van der Waals surface area contributed by atoms with Crippen LogP contribution < -0.4 is 0 Å². The monoisotopic (exact) mass is 245 g/mol. The first-order valence-electron chi connectivity index (χ1n) is 4.28. The van der Waals surface area contributed by atoms with Crippen molar-refractivity contribution >= 4 is 32.4 Å². The van der Waals surface area contributed by atoms with Crippen molar-refractivity contribution in [1.29, 1.82) is 0 Å². The Bertz CT molecular complexity index is 538. The number of rotatable bonds is 0. The Morgan fingerprint density at radius 2 is 1.93 bits per heavy atom. The molecule has 0 fully saturated rings. The fraction of sp³-hybridized carbons (Fsp3) is 0.0833. The summed E-state index contributed by atoms with van der Waals surface area (Å²) in [4.78, 5) is 3.48. The van der Waals surface area contributed by atoms with Crippen LogP contribution in [0.15, 0.2) is 34.8 Å². The lowest BCUT2D eigenvalue weighted by atomic mass is 10.1. The third-order valence-electron chi connectivity index (χ3n) is 2.24. The van der Waals surface area contributed by atoms with Crippen LogP contribution >= 0.6 is 15.9 Å². The van der Waals surface area contributed by atoms with E-state index in [9.17, 15) is 0 Å². The molecule has 68 valence electrons. The molecule has 14 heavy (non-hydrogen) atoms. The molecule has 0 radical (unpaired) electrons. The zero-order chi connectivity index (χ0) is 10.1. The van der Waals surface area contributed by atoms with Crippen LogP contribution in [0.2, 0.25) is 0 Å². The molecule has 0 saturated carbocycles. The molecule has 2 aromatic carbocycles. The predicted octanol–water partition coefficient (Wildman–Crippen LogP) is 4.46. The van der Waals surface area contributed by atoms with Crippen LogP contribution in [0.25, 0.3) is 15.6 Å². The Balaban J connectivity index is 2.82. The van der Waals surface area contributed by atoms with Crippen LogP contribution in [0.3, 0.4) is 0 Å². The van der Waals surface area contributed by atoms with Crippen LogP contribution in [0.1, 0.15) is 5.56 Å². The molecule has 1 nitrogen and oxygen atoms in total. The lowest BCUT2D eigenvalue weighted by molar-refractivity contribution is 1.52.